The average molecular weight is 279 g/mol. The van der Waals surface area contributed by atoms with Crippen LogP contribution in [0.3, 0.4) is 0 Å². The van der Waals surface area contributed by atoms with Crippen LogP contribution >= 0.6 is 11.3 Å². The molecule has 0 fully saturated rings. The summed E-state index contributed by atoms with van der Waals surface area (Å²) in [6, 6.07) is 5.51. The number of hydrogen-bond donors (Lipinski definition) is 2. The van der Waals surface area contributed by atoms with Gasteiger partial charge in [0.2, 0.25) is 5.91 Å². The van der Waals surface area contributed by atoms with Crippen molar-refractivity contribution in [2.75, 3.05) is 24.8 Å². The third-order valence-electron chi connectivity index (χ3n) is 2.64. The minimum absolute atomic E-state index is 0.0448. The Morgan fingerprint density at radius 3 is 3.11 bits per heavy atom. The number of ether oxygens (including phenoxy) is 1. The molecule has 0 bridgehead atoms. The summed E-state index contributed by atoms with van der Waals surface area (Å²) in [5.41, 5.74) is 7.25. The van der Waals surface area contributed by atoms with Crippen LogP contribution in [0.4, 0.5) is 10.8 Å². The van der Waals surface area contributed by atoms with E-state index in [1.165, 1.54) is 11.3 Å². The number of carbonyl (C=O) groups is 1. The Hall–Kier alpha value is -1.66. The normalized spacial score (nSPS) is 12.5. The maximum absolute atomic E-state index is 11.8. The molecule has 0 spiro atoms. The average Bonchev–Trinajstić information content (AvgIpc) is 2.70. The van der Waals surface area contributed by atoms with Gasteiger partial charge in [-0.25, -0.2) is 4.98 Å². The Morgan fingerprint density at radius 1 is 1.58 bits per heavy atom. The molecule has 1 heterocycles. The number of nitrogens with two attached hydrogens (primary N) is 1. The zero-order valence-corrected chi connectivity index (χ0v) is 11.8. The predicted octanol–water partition coefficient (Wildman–Crippen LogP) is 2.49. The standard InChI is InChI=1S/C13H17N3O2S/c1-8(7-18-2)5-12(17)16-13-15-10-4-3-9(14)6-11(10)19-13/h3-4,6,8H,5,7,14H2,1-2H3,(H,15,16,17). The lowest BCUT2D eigenvalue weighted by Crippen LogP contribution is -2.17. The molecule has 1 amide bonds. The van der Waals surface area contributed by atoms with Crippen molar-refractivity contribution < 1.29 is 9.53 Å². The van der Waals surface area contributed by atoms with Gasteiger partial charge in [0.05, 0.1) is 10.2 Å². The van der Waals surface area contributed by atoms with E-state index < -0.39 is 0 Å². The summed E-state index contributed by atoms with van der Waals surface area (Å²) in [4.78, 5) is 16.2. The van der Waals surface area contributed by atoms with E-state index >= 15 is 0 Å². The van der Waals surface area contributed by atoms with Crippen molar-refractivity contribution in [3.8, 4) is 0 Å². The first-order valence-electron chi connectivity index (χ1n) is 6.03. The van der Waals surface area contributed by atoms with E-state index in [-0.39, 0.29) is 11.8 Å². The van der Waals surface area contributed by atoms with Crippen LogP contribution in [0, 0.1) is 5.92 Å². The first kappa shape index (κ1) is 13.8. The fraction of sp³-hybridized carbons (Fsp3) is 0.385. The van der Waals surface area contributed by atoms with Crippen LogP contribution in [-0.4, -0.2) is 24.6 Å². The summed E-state index contributed by atoms with van der Waals surface area (Å²) in [6.07, 6.45) is 0.423. The molecule has 102 valence electrons. The van der Waals surface area contributed by atoms with Gasteiger partial charge in [0.25, 0.3) is 0 Å². The number of nitrogens with zero attached hydrogens (tertiary/aromatic N) is 1. The van der Waals surface area contributed by atoms with Gasteiger partial charge in [-0.2, -0.15) is 0 Å². The van der Waals surface area contributed by atoms with Crippen LogP contribution in [0.2, 0.25) is 0 Å². The molecule has 1 aromatic carbocycles. The maximum Gasteiger partial charge on any atom is 0.226 e. The molecule has 2 aromatic rings. The summed E-state index contributed by atoms with van der Waals surface area (Å²) in [5, 5.41) is 3.42. The van der Waals surface area contributed by atoms with Gasteiger partial charge >= 0.3 is 0 Å². The minimum atomic E-state index is -0.0448. The molecule has 1 aromatic heterocycles. The number of benzene rings is 1. The molecule has 0 aliphatic carbocycles. The Kier molecular flexibility index (Phi) is 4.34. The molecule has 3 N–H and O–H groups in total. The minimum Gasteiger partial charge on any atom is -0.399 e. The highest BCUT2D eigenvalue weighted by Crippen LogP contribution is 2.27. The van der Waals surface area contributed by atoms with Crippen LogP contribution in [0.5, 0.6) is 0 Å². The van der Waals surface area contributed by atoms with Crippen LogP contribution in [0.25, 0.3) is 10.2 Å². The van der Waals surface area contributed by atoms with E-state index in [0.29, 0.717) is 23.8 Å². The van der Waals surface area contributed by atoms with Crippen LogP contribution < -0.4 is 11.1 Å². The molecular formula is C13H17N3O2S. The summed E-state index contributed by atoms with van der Waals surface area (Å²) in [5.74, 6) is 0.145. The molecule has 0 saturated heterocycles. The molecule has 19 heavy (non-hydrogen) atoms. The van der Waals surface area contributed by atoms with Crippen LogP contribution in [0.15, 0.2) is 18.2 Å². The lowest BCUT2D eigenvalue weighted by atomic mass is 10.1. The van der Waals surface area contributed by atoms with E-state index in [9.17, 15) is 4.79 Å². The van der Waals surface area contributed by atoms with E-state index in [2.05, 4.69) is 10.3 Å². The molecule has 1 unspecified atom stereocenters. The smallest absolute Gasteiger partial charge is 0.226 e. The van der Waals surface area contributed by atoms with Gasteiger partial charge in [-0.15, -0.1) is 0 Å². The van der Waals surface area contributed by atoms with Crippen LogP contribution in [0.1, 0.15) is 13.3 Å². The van der Waals surface area contributed by atoms with Gasteiger partial charge in [0.15, 0.2) is 5.13 Å². The molecule has 5 nitrogen and oxygen atoms in total. The van der Waals surface area contributed by atoms with Crippen LogP contribution in [-0.2, 0) is 9.53 Å². The summed E-state index contributed by atoms with van der Waals surface area (Å²) < 4.78 is 5.98. The molecule has 0 radical (unpaired) electrons. The third kappa shape index (κ3) is 3.65. The zero-order valence-electron chi connectivity index (χ0n) is 11.0. The number of amides is 1. The number of thiazole rings is 1. The highest BCUT2D eigenvalue weighted by atomic mass is 32.1. The zero-order chi connectivity index (χ0) is 13.8. The van der Waals surface area contributed by atoms with Gasteiger partial charge < -0.3 is 15.8 Å². The molecule has 2 rings (SSSR count). The monoisotopic (exact) mass is 279 g/mol. The topological polar surface area (TPSA) is 77.2 Å². The maximum atomic E-state index is 11.8. The Morgan fingerprint density at radius 2 is 2.37 bits per heavy atom. The molecular weight excluding hydrogens is 262 g/mol. The number of hydrogen-bond acceptors (Lipinski definition) is 5. The van der Waals surface area contributed by atoms with Crippen molar-refractivity contribution >= 4 is 38.3 Å². The predicted molar refractivity (Wildman–Crippen MR) is 78.3 cm³/mol. The van der Waals surface area contributed by atoms with Crippen molar-refractivity contribution in [3.05, 3.63) is 18.2 Å². The SMILES string of the molecule is COCC(C)CC(=O)Nc1nc2ccc(N)cc2s1. The van der Waals surface area contributed by atoms with Crippen molar-refractivity contribution in [2.24, 2.45) is 5.92 Å². The van der Waals surface area contributed by atoms with E-state index in [4.69, 9.17) is 10.5 Å². The van der Waals surface area contributed by atoms with Gasteiger partial charge in [-0.3, -0.25) is 4.79 Å². The Bertz CT molecular complexity index is 582. The van der Waals surface area contributed by atoms with E-state index in [1.807, 2.05) is 19.1 Å². The molecule has 0 aliphatic heterocycles. The number of nitrogens with one attached hydrogen (secondary N) is 1. The second-order valence-corrected chi connectivity index (χ2v) is 5.59. The first-order valence-corrected chi connectivity index (χ1v) is 6.85. The number of rotatable bonds is 5. The van der Waals surface area contributed by atoms with Crippen molar-refractivity contribution in [1.29, 1.82) is 0 Å². The fourth-order valence-corrected chi connectivity index (χ4v) is 2.76. The molecule has 0 saturated carbocycles. The fourth-order valence-electron chi connectivity index (χ4n) is 1.82. The second-order valence-electron chi connectivity index (χ2n) is 4.56. The largest absolute Gasteiger partial charge is 0.399 e. The second kappa shape index (κ2) is 5.99. The van der Waals surface area contributed by atoms with E-state index in [1.54, 1.807) is 13.2 Å². The lowest BCUT2D eigenvalue weighted by Gasteiger charge is -2.08. The highest BCUT2D eigenvalue weighted by molar-refractivity contribution is 7.22. The first-order chi connectivity index (χ1) is 9.08. The van der Waals surface area contributed by atoms with Crippen molar-refractivity contribution in [2.45, 2.75) is 13.3 Å². The number of nitrogen functional groups attached to an aromatic ring is 1. The van der Waals surface area contributed by atoms with Crippen molar-refractivity contribution in [3.63, 3.8) is 0 Å². The summed E-state index contributed by atoms with van der Waals surface area (Å²) >= 11 is 1.43. The highest BCUT2D eigenvalue weighted by Gasteiger charge is 2.11. The van der Waals surface area contributed by atoms with Gasteiger partial charge in [-0.1, -0.05) is 18.3 Å². The van der Waals surface area contributed by atoms with Gasteiger partial charge in [0, 0.05) is 25.8 Å². The molecule has 1 atom stereocenters. The van der Waals surface area contributed by atoms with Gasteiger partial charge in [0.1, 0.15) is 0 Å². The number of methoxy groups -OCH3 is 1. The number of carbonyl (C=O) groups excluding carboxylic acids is 1. The quantitative estimate of drug-likeness (QED) is 0.824. The molecule has 0 aliphatic rings. The summed E-state index contributed by atoms with van der Waals surface area (Å²) in [6.45, 7) is 2.55. The van der Waals surface area contributed by atoms with E-state index in [0.717, 1.165) is 10.2 Å². The number of anilines is 2. The molecule has 6 heteroatoms. The summed E-state index contributed by atoms with van der Waals surface area (Å²) in [7, 11) is 1.63. The number of aromatic nitrogens is 1. The lowest BCUT2D eigenvalue weighted by molar-refractivity contribution is -0.117. The third-order valence-corrected chi connectivity index (χ3v) is 3.58. The number of fused-ring (bicyclic) bond motifs is 1. The Labute approximate surface area is 115 Å². The van der Waals surface area contributed by atoms with Gasteiger partial charge in [-0.05, 0) is 24.1 Å². The van der Waals surface area contributed by atoms with Crippen molar-refractivity contribution in [1.82, 2.24) is 4.98 Å². The Balaban J connectivity index is 2.02.